The second-order valence-electron chi connectivity index (χ2n) is 7.28. The normalized spacial score (nSPS) is 15.3. The molecule has 0 bridgehead atoms. The average molecular weight is 525 g/mol. The van der Waals surface area contributed by atoms with Crippen LogP contribution in [-0.4, -0.2) is 56.5 Å². The summed E-state index contributed by atoms with van der Waals surface area (Å²) in [6.07, 6.45) is 4.18. The number of hydrogen-bond acceptors (Lipinski definition) is 4. The van der Waals surface area contributed by atoms with Crippen LogP contribution < -0.4 is 16.0 Å². The summed E-state index contributed by atoms with van der Waals surface area (Å²) in [5.41, 5.74) is 1.75. The number of rotatable bonds is 8. The SMILES string of the molecule is CN=C(NCCNC(=O)c1cccc(C)c1)NCC(c1ccco1)N1CCCC1.I. The van der Waals surface area contributed by atoms with Gasteiger partial charge < -0.3 is 20.4 Å². The van der Waals surface area contributed by atoms with E-state index in [0.29, 0.717) is 31.2 Å². The highest BCUT2D eigenvalue weighted by Crippen LogP contribution is 2.24. The summed E-state index contributed by atoms with van der Waals surface area (Å²) in [5.74, 6) is 1.62. The number of carbonyl (C=O) groups excluding carboxylic acids is 1. The minimum atomic E-state index is -0.0645. The lowest BCUT2D eigenvalue weighted by atomic mass is 10.1. The molecule has 3 N–H and O–H groups in total. The van der Waals surface area contributed by atoms with Gasteiger partial charge in [0.2, 0.25) is 0 Å². The summed E-state index contributed by atoms with van der Waals surface area (Å²) in [5, 5.41) is 9.57. The Hall–Kier alpha value is -2.07. The van der Waals surface area contributed by atoms with Gasteiger partial charge in [-0.1, -0.05) is 17.7 Å². The topological polar surface area (TPSA) is 81.9 Å². The number of halogens is 1. The third-order valence-corrected chi connectivity index (χ3v) is 5.12. The molecule has 0 radical (unpaired) electrons. The van der Waals surface area contributed by atoms with Crippen molar-refractivity contribution >= 4 is 35.8 Å². The highest BCUT2D eigenvalue weighted by molar-refractivity contribution is 14.0. The van der Waals surface area contributed by atoms with Crippen molar-refractivity contribution in [3.8, 4) is 0 Å². The molecule has 1 aliphatic rings. The molecule has 1 aliphatic heterocycles. The van der Waals surface area contributed by atoms with Crippen LogP contribution in [0.2, 0.25) is 0 Å². The van der Waals surface area contributed by atoms with Gasteiger partial charge >= 0.3 is 0 Å². The molecule has 3 rings (SSSR count). The number of aliphatic imine (C=N–C) groups is 1. The van der Waals surface area contributed by atoms with Gasteiger partial charge in [-0.05, 0) is 57.1 Å². The molecule has 1 amide bonds. The van der Waals surface area contributed by atoms with Crippen LogP contribution in [0, 0.1) is 6.92 Å². The Balaban J connectivity index is 0.00000320. The van der Waals surface area contributed by atoms with E-state index in [1.807, 2.05) is 43.3 Å². The van der Waals surface area contributed by atoms with Crippen LogP contribution in [0.25, 0.3) is 0 Å². The van der Waals surface area contributed by atoms with Crippen LogP contribution in [0.15, 0.2) is 52.1 Å². The van der Waals surface area contributed by atoms with E-state index in [1.54, 1.807) is 13.3 Å². The van der Waals surface area contributed by atoms with Crippen LogP contribution >= 0.6 is 24.0 Å². The van der Waals surface area contributed by atoms with Gasteiger partial charge in [0.15, 0.2) is 5.96 Å². The van der Waals surface area contributed by atoms with E-state index < -0.39 is 0 Å². The third kappa shape index (κ3) is 7.02. The van der Waals surface area contributed by atoms with Gasteiger partial charge in [-0.25, -0.2) is 0 Å². The first kappa shape index (κ1) is 24.2. The Bertz CT molecular complexity index is 804. The van der Waals surface area contributed by atoms with E-state index in [2.05, 4.69) is 25.8 Å². The van der Waals surface area contributed by atoms with Gasteiger partial charge in [0.25, 0.3) is 5.91 Å². The molecule has 30 heavy (non-hydrogen) atoms. The van der Waals surface area contributed by atoms with Crippen molar-refractivity contribution in [2.24, 2.45) is 4.99 Å². The van der Waals surface area contributed by atoms with E-state index >= 15 is 0 Å². The van der Waals surface area contributed by atoms with Crippen molar-refractivity contribution in [3.05, 3.63) is 59.5 Å². The van der Waals surface area contributed by atoms with E-state index in [4.69, 9.17) is 4.42 Å². The molecular formula is C22H32IN5O2. The first-order chi connectivity index (χ1) is 14.2. The molecule has 1 unspecified atom stereocenters. The fourth-order valence-electron chi connectivity index (χ4n) is 3.60. The van der Waals surface area contributed by atoms with Gasteiger partial charge in [-0.15, -0.1) is 24.0 Å². The number of aryl methyl sites for hydroxylation is 1. The predicted octanol–water partition coefficient (Wildman–Crippen LogP) is 2.94. The maximum Gasteiger partial charge on any atom is 0.251 e. The van der Waals surface area contributed by atoms with Gasteiger partial charge in [0.1, 0.15) is 5.76 Å². The number of carbonyl (C=O) groups is 1. The number of benzene rings is 1. The molecule has 164 valence electrons. The fourth-order valence-corrected chi connectivity index (χ4v) is 3.60. The zero-order valence-corrected chi connectivity index (χ0v) is 20.0. The number of likely N-dealkylation sites (tertiary alicyclic amines) is 1. The zero-order valence-electron chi connectivity index (χ0n) is 17.7. The molecule has 1 aromatic heterocycles. The lowest BCUT2D eigenvalue weighted by molar-refractivity contribution is 0.0954. The summed E-state index contributed by atoms with van der Waals surface area (Å²) in [7, 11) is 1.75. The van der Waals surface area contributed by atoms with Crippen molar-refractivity contribution in [2.45, 2.75) is 25.8 Å². The molecule has 1 aromatic carbocycles. The standard InChI is InChI=1S/C22H31N5O2.HI/c1-17-7-5-8-18(15-17)21(28)24-10-11-25-22(23-2)26-16-19(20-9-6-14-29-20)27-12-3-4-13-27;/h5-9,14-15,19H,3-4,10-13,16H2,1-2H3,(H,24,28)(H2,23,25,26);1H. The van der Waals surface area contributed by atoms with E-state index in [9.17, 15) is 4.79 Å². The second kappa shape index (κ2) is 12.6. The highest BCUT2D eigenvalue weighted by atomic mass is 127. The smallest absolute Gasteiger partial charge is 0.251 e. The summed E-state index contributed by atoms with van der Waals surface area (Å²) in [4.78, 5) is 18.9. The average Bonchev–Trinajstić information content (AvgIpc) is 3.44. The maximum atomic E-state index is 12.2. The lowest BCUT2D eigenvalue weighted by Crippen LogP contribution is -2.44. The first-order valence-corrected chi connectivity index (χ1v) is 10.2. The molecule has 1 saturated heterocycles. The first-order valence-electron chi connectivity index (χ1n) is 10.2. The monoisotopic (exact) mass is 525 g/mol. The van der Waals surface area contributed by atoms with Crippen molar-refractivity contribution in [1.29, 1.82) is 0 Å². The molecule has 0 saturated carbocycles. The molecule has 2 heterocycles. The van der Waals surface area contributed by atoms with Gasteiger partial charge in [0, 0.05) is 32.2 Å². The summed E-state index contributed by atoms with van der Waals surface area (Å²) < 4.78 is 5.66. The van der Waals surface area contributed by atoms with Crippen LogP contribution in [-0.2, 0) is 0 Å². The number of nitrogens with zero attached hydrogens (tertiary/aromatic N) is 2. The molecule has 2 aromatic rings. The van der Waals surface area contributed by atoms with Gasteiger partial charge in [-0.2, -0.15) is 0 Å². The number of nitrogens with one attached hydrogen (secondary N) is 3. The molecule has 8 heteroatoms. The fraction of sp³-hybridized carbons (Fsp3) is 0.455. The van der Waals surface area contributed by atoms with Crippen LogP contribution in [0.1, 0.15) is 40.6 Å². The summed E-state index contributed by atoms with van der Waals surface area (Å²) in [6, 6.07) is 11.7. The molecule has 1 atom stereocenters. The van der Waals surface area contributed by atoms with Crippen molar-refractivity contribution in [3.63, 3.8) is 0 Å². The third-order valence-electron chi connectivity index (χ3n) is 5.12. The molecular weight excluding hydrogens is 493 g/mol. The maximum absolute atomic E-state index is 12.2. The van der Waals surface area contributed by atoms with Crippen molar-refractivity contribution < 1.29 is 9.21 Å². The number of amides is 1. The van der Waals surface area contributed by atoms with Crippen molar-refractivity contribution in [2.75, 3.05) is 39.8 Å². The predicted molar refractivity (Wildman–Crippen MR) is 131 cm³/mol. The van der Waals surface area contributed by atoms with Crippen LogP contribution in [0.5, 0.6) is 0 Å². The molecule has 0 spiro atoms. The van der Waals surface area contributed by atoms with Gasteiger partial charge in [0.05, 0.1) is 12.3 Å². The highest BCUT2D eigenvalue weighted by Gasteiger charge is 2.25. The Morgan fingerprint density at radius 1 is 1.13 bits per heavy atom. The molecule has 0 aliphatic carbocycles. The number of guanidine groups is 1. The quantitative estimate of drug-likeness (QED) is 0.214. The Labute approximate surface area is 195 Å². The van der Waals surface area contributed by atoms with Crippen molar-refractivity contribution in [1.82, 2.24) is 20.9 Å². The largest absolute Gasteiger partial charge is 0.468 e. The van der Waals surface area contributed by atoms with E-state index in [0.717, 1.165) is 24.4 Å². The number of hydrogen-bond donors (Lipinski definition) is 3. The minimum Gasteiger partial charge on any atom is -0.468 e. The Morgan fingerprint density at radius 2 is 1.90 bits per heavy atom. The molecule has 7 nitrogen and oxygen atoms in total. The van der Waals surface area contributed by atoms with E-state index in [-0.39, 0.29) is 35.9 Å². The van der Waals surface area contributed by atoms with Gasteiger partial charge in [-0.3, -0.25) is 14.7 Å². The van der Waals surface area contributed by atoms with E-state index in [1.165, 1.54) is 12.8 Å². The Morgan fingerprint density at radius 3 is 2.57 bits per heavy atom. The summed E-state index contributed by atoms with van der Waals surface area (Å²) in [6.45, 7) is 5.97. The molecule has 1 fully saturated rings. The van der Waals surface area contributed by atoms with Crippen LogP contribution in [0.4, 0.5) is 0 Å². The lowest BCUT2D eigenvalue weighted by Gasteiger charge is -2.26. The Kier molecular flexibility index (Phi) is 10.2. The summed E-state index contributed by atoms with van der Waals surface area (Å²) >= 11 is 0. The zero-order chi connectivity index (χ0) is 20.5. The number of furan rings is 1. The second-order valence-corrected chi connectivity index (χ2v) is 7.28. The minimum absolute atomic E-state index is 0. The van der Waals surface area contributed by atoms with Crippen LogP contribution in [0.3, 0.4) is 0 Å².